The largest absolute Gasteiger partial charge is 0.478 e. The van der Waals surface area contributed by atoms with Crippen LogP contribution in [0.3, 0.4) is 0 Å². The first kappa shape index (κ1) is 17.3. The minimum atomic E-state index is -0.527. The molecule has 0 radical (unpaired) electrons. The Morgan fingerprint density at radius 2 is 2.15 bits per heavy atom. The van der Waals surface area contributed by atoms with Gasteiger partial charge in [-0.3, -0.25) is 4.79 Å². The van der Waals surface area contributed by atoms with Crippen molar-refractivity contribution < 1.29 is 9.53 Å². The predicted molar refractivity (Wildman–Crippen MR) is 106 cm³/mol. The summed E-state index contributed by atoms with van der Waals surface area (Å²) in [4.78, 5) is 16.8. The lowest BCUT2D eigenvalue weighted by molar-refractivity contribution is -0.125. The number of ketones is 1. The molecule has 2 aliphatic rings. The second-order valence-corrected chi connectivity index (χ2v) is 8.25. The van der Waals surface area contributed by atoms with E-state index >= 15 is 0 Å². The van der Waals surface area contributed by atoms with Gasteiger partial charge in [0, 0.05) is 6.54 Å². The van der Waals surface area contributed by atoms with Gasteiger partial charge in [-0.25, -0.2) is 4.98 Å². The maximum absolute atomic E-state index is 12.2. The van der Waals surface area contributed by atoms with E-state index in [-0.39, 0.29) is 11.8 Å². The van der Waals surface area contributed by atoms with Crippen molar-refractivity contribution in [2.24, 2.45) is 5.92 Å². The van der Waals surface area contributed by atoms with E-state index in [0.29, 0.717) is 5.75 Å². The fourth-order valence-electron chi connectivity index (χ4n) is 3.63. The van der Waals surface area contributed by atoms with E-state index < -0.39 is 6.10 Å². The quantitative estimate of drug-likeness (QED) is 0.828. The Bertz CT molecular complexity index is 810. The maximum Gasteiger partial charge on any atom is 0.199 e. The zero-order valence-electron chi connectivity index (χ0n) is 15.0. The van der Waals surface area contributed by atoms with Crippen molar-refractivity contribution in [2.45, 2.75) is 51.2 Å². The highest BCUT2D eigenvalue weighted by molar-refractivity contribution is 7.22. The van der Waals surface area contributed by atoms with Crippen LogP contribution in [-0.4, -0.2) is 29.5 Å². The Labute approximate surface area is 157 Å². The zero-order chi connectivity index (χ0) is 17.9. The first-order chi connectivity index (χ1) is 12.7. The van der Waals surface area contributed by atoms with E-state index in [1.54, 1.807) is 23.6 Å². The SMILES string of the molecule is CC1NC=CC(Oc2ccc3nc(NCC4CCCCC4)sc3c2)C1=O. The lowest BCUT2D eigenvalue weighted by atomic mass is 9.89. The van der Waals surface area contributed by atoms with Crippen LogP contribution in [0.2, 0.25) is 0 Å². The van der Waals surface area contributed by atoms with Gasteiger partial charge in [-0.05, 0) is 56.2 Å². The number of anilines is 1. The monoisotopic (exact) mass is 371 g/mol. The molecule has 4 rings (SSSR count). The van der Waals surface area contributed by atoms with Gasteiger partial charge in [0.15, 0.2) is 17.0 Å². The van der Waals surface area contributed by atoms with Gasteiger partial charge in [-0.1, -0.05) is 30.6 Å². The number of thiazole rings is 1. The number of Topliss-reactive ketones (excluding diaryl/α,β-unsaturated/α-hetero) is 1. The molecular formula is C20H25N3O2S. The van der Waals surface area contributed by atoms with Crippen LogP contribution in [0.4, 0.5) is 5.13 Å². The molecule has 2 N–H and O–H groups in total. The number of fused-ring (bicyclic) bond motifs is 1. The summed E-state index contributed by atoms with van der Waals surface area (Å²) in [5.74, 6) is 1.53. The Morgan fingerprint density at radius 3 is 3.00 bits per heavy atom. The first-order valence-electron chi connectivity index (χ1n) is 9.46. The van der Waals surface area contributed by atoms with Crippen molar-refractivity contribution in [1.82, 2.24) is 10.3 Å². The number of carbonyl (C=O) groups is 1. The van der Waals surface area contributed by atoms with Crippen LogP contribution in [0.15, 0.2) is 30.5 Å². The van der Waals surface area contributed by atoms with E-state index in [0.717, 1.165) is 27.8 Å². The van der Waals surface area contributed by atoms with E-state index in [1.807, 2.05) is 25.1 Å². The van der Waals surface area contributed by atoms with Gasteiger partial charge < -0.3 is 15.4 Å². The second-order valence-electron chi connectivity index (χ2n) is 7.22. The van der Waals surface area contributed by atoms with Gasteiger partial charge in [0.1, 0.15) is 5.75 Å². The molecule has 0 amide bonds. The molecule has 0 saturated heterocycles. The van der Waals surface area contributed by atoms with Crippen LogP contribution >= 0.6 is 11.3 Å². The third-order valence-corrected chi connectivity index (χ3v) is 6.19. The topological polar surface area (TPSA) is 63.2 Å². The minimum Gasteiger partial charge on any atom is -0.478 e. The van der Waals surface area contributed by atoms with Crippen LogP contribution in [0.1, 0.15) is 39.0 Å². The number of ether oxygens (including phenoxy) is 1. The third-order valence-electron chi connectivity index (χ3n) is 5.21. The number of rotatable bonds is 5. The molecule has 1 aromatic carbocycles. The molecule has 1 aromatic heterocycles. The van der Waals surface area contributed by atoms with Crippen LogP contribution in [-0.2, 0) is 4.79 Å². The molecule has 5 nitrogen and oxygen atoms in total. The van der Waals surface area contributed by atoms with Crippen molar-refractivity contribution in [2.75, 3.05) is 11.9 Å². The normalized spacial score (nSPS) is 23.8. The molecule has 1 aliphatic carbocycles. The zero-order valence-corrected chi connectivity index (χ0v) is 15.8. The third kappa shape index (κ3) is 3.85. The summed E-state index contributed by atoms with van der Waals surface area (Å²) in [6.07, 6.45) is 9.77. The van der Waals surface area contributed by atoms with Gasteiger partial charge in [0.2, 0.25) is 0 Å². The highest BCUT2D eigenvalue weighted by Crippen LogP contribution is 2.31. The van der Waals surface area contributed by atoms with E-state index in [9.17, 15) is 4.79 Å². The molecule has 26 heavy (non-hydrogen) atoms. The molecule has 1 aliphatic heterocycles. The van der Waals surface area contributed by atoms with Gasteiger partial charge >= 0.3 is 0 Å². The van der Waals surface area contributed by atoms with Gasteiger partial charge in [0.05, 0.1) is 16.3 Å². The average Bonchev–Trinajstić information content (AvgIpc) is 3.07. The van der Waals surface area contributed by atoms with Crippen molar-refractivity contribution in [3.8, 4) is 5.75 Å². The van der Waals surface area contributed by atoms with Crippen molar-refractivity contribution in [3.63, 3.8) is 0 Å². The number of hydrogen-bond donors (Lipinski definition) is 2. The molecule has 1 fully saturated rings. The number of carbonyl (C=O) groups excluding carboxylic acids is 1. The fraction of sp³-hybridized carbons (Fsp3) is 0.500. The van der Waals surface area contributed by atoms with Crippen molar-refractivity contribution in [1.29, 1.82) is 0 Å². The number of hydrogen-bond acceptors (Lipinski definition) is 6. The van der Waals surface area contributed by atoms with Gasteiger partial charge in [-0.15, -0.1) is 0 Å². The predicted octanol–water partition coefficient (Wildman–Crippen LogP) is 4.11. The van der Waals surface area contributed by atoms with E-state index in [1.165, 1.54) is 32.1 Å². The summed E-state index contributed by atoms with van der Waals surface area (Å²) >= 11 is 1.65. The molecule has 2 atom stereocenters. The highest BCUT2D eigenvalue weighted by atomic mass is 32.1. The Morgan fingerprint density at radius 1 is 1.31 bits per heavy atom. The van der Waals surface area contributed by atoms with E-state index in [2.05, 4.69) is 15.6 Å². The average molecular weight is 372 g/mol. The smallest absolute Gasteiger partial charge is 0.199 e. The molecule has 6 heteroatoms. The van der Waals surface area contributed by atoms with Crippen LogP contribution in [0, 0.1) is 5.92 Å². The summed E-state index contributed by atoms with van der Waals surface area (Å²) in [6, 6.07) is 5.62. The van der Waals surface area contributed by atoms with Crippen LogP contribution < -0.4 is 15.4 Å². The number of nitrogens with zero attached hydrogens (tertiary/aromatic N) is 1. The summed E-state index contributed by atoms with van der Waals surface area (Å²) in [6.45, 7) is 2.86. The first-order valence-corrected chi connectivity index (χ1v) is 10.3. The molecule has 0 bridgehead atoms. The Hall–Kier alpha value is -2.08. The lowest BCUT2D eigenvalue weighted by Crippen LogP contribution is -2.43. The number of aromatic nitrogens is 1. The van der Waals surface area contributed by atoms with Crippen molar-refractivity contribution >= 4 is 32.5 Å². The number of benzene rings is 1. The second kappa shape index (κ2) is 7.66. The molecule has 2 aromatic rings. The summed E-state index contributed by atoms with van der Waals surface area (Å²) in [5, 5.41) is 7.47. The summed E-state index contributed by atoms with van der Waals surface area (Å²) < 4.78 is 6.97. The van der Waals surface area contributed by atoms with Crippen LogP contribution in [0.5, 0.6) is 5.75 Å². The Balaban J connectivity index is 1.43. The highest BCUT2D eigenvalue weighted by Gasteiger charge is 2.26. The number of nitrogens with one attached hydrogen (secondary N) is 2. The summed E-state index contributed by atoms with van der Waals surface area (Å²) in [5.41, 5.74) is 0.967. The molecule has 2 unspecified atom stereocenters. The summed E-state index contributed by atoms with van der Waals surface area (Å²) in [7, 11) is 0. The van der Waals surface area contributed by atoms with Gasteiger partial charge in [-0.2, -0.15) is 0 Å². The molecule has 138 valence electrons. The van der Waals surface area contributed by atoms with Crippen LogP contribution in [0.25, 0.3) is 10.2 Å². The standard InChI is InChI=1S/C20H25N3O2S/c1-13-19(24)17(9-10-21-13)25-15-7-8-16-18(11-15)26-20(23-16)22-12-14-5-3-2-4-6-14/h7-11,13-14,17,21H,2-6,12H2,1H3,(H,22,23). The lowest BCUT2D eigenvalue weighted by Gasteiger charge is -2.22. The molecule has 1 saturated carbocycles. The Kier molecular flexibility index (Phi) is 5.11. The van der Waals surface area contributed by atoms with Gasteiger partial charge in [0.25, 0.3) is 0 Å². The maximum atomic E-state index is 12.2. The minimum absolute atomic E-state index is 0.0479. The fourth-order valence-corrected chi connectivity index (χ4v) is 4.53. The molecule has 0 spiro atoms. The van der Waals surface area contributed by atoms with Crippen molar-refractivity contribution in [3.05, 3.63) is 30.5 Å². The van der Waals surface area contributed by atoms with E-state index in [4.69, 9.17) is 4.74 Å². The molecule has 2 heterocycles. The molecular weight excluding hydrogens is 346 g/mol.